The summed E-state index contributed by atoms with van der Waals surface area (Å²) in [6.45, 7) is 3.21. The molecule has 3 rings (SSSR count). The Balaban J connectivity index is 0.00000300. The predicted octanol–water partition coefficient (Wildman–Crippen LogP) is 4.13. The van der Waals surface area contributed by atoms with Gasteiger partial charge in [0.25, 0.3) is 0 Å². The Bertz CT molecular complexity index is 935. The van der Waals surface area contributed by atoms with E-state index in [1.165, 1.54) is 17.4 Å². The summed E-state index contributed by atoms with van der Waals surface area (Å²) >= 11 is 7.25. The minimum atomic E-state index is -0.687. The monoisotopic (exact) mass is 549 g/mol. The van der Waals surface area contributed by atoms with Crippen LogP contribution >= 0.6 is 46.9 Å². The van der Waals surface area contributed by atoms with Gasteiger partial charge in [-0.1, -0.05) is 17.7 Å². The van der Waals surface area contributed by atoms with Gasteiger partial charge in [0.2, 0.25) is 0 Å². The van der Waals surface area contributed by atoms with E-state index < -0.39 is 6.10 Å². The number of aliphatic imine (C=N–C) groups is 1. The summed E-state index contributed by atoms with van der Waals surface area (Å²) < 4.78 is 16.6. The average Bonchev–Trinajstić information content (AvgIpc) is 3.35. The lowest BCUT2D eigenvalue weighted by molar-refractivity contribution is 0.184. The Hall–Kier alpha value is -1.69. The van der Waals surface area contributed by atoms with Crippen LogP contribution in [0.2, 0.25) is 4.34 Å². The van der Waals surface area contributed by atoms with E-state index in [2.05, 4.69) is 20.6 Å². The Kier molecular flexibility index (Phi) is 9.34. The summed E-state index contributed by atoms with van der Waals surface area (Å²) in [6, 6.07) is 8.55. The van der Waals surface area contributed by atoms with Gasteiger partial charge in [-0.2, -0.15) is 0 Å². The third-order valence-electron chi connectivity index (χ3n) is 3.94. The number of nitrogens with zero attached hydrogens (tertiary/aromatic N) is 3. The van der Waals surface area contributed by atoms with Gasteiger partial charge in [-0.05, 0) is 36.8 Å². The van der Waals surface area contributed by atoms with Gasteiger partial charge in [-0.3, -0.25) is 0 Å². The van der Waals surface area contributed by atoms with Crippen molar-refractivity contribution in [2.24, 2.45) is 4.99 Å². The molecule has 156 valence electrons. The largest absolute Gasteiger partial charge is 0.386 e. The van der Waals surface area contributed by atoms with Crippen LogP contribution in [-0.4, -0.2) is 33.7 Å². The Morgan fingerprint density at radius 2 is 2.17 bits per heavy atom. The average molecular weight is 550 g/mol. The number of imidazole rings is 1. The lowest BCUT2D eigenvalue weighted by Gasteiger charge is -2.14. The van der Waals surface area contributed by atoms with E-state index in [0.717, 1.165) is 10.4 Å². The molecule has 0 spiro atoms. The maximum Gasteiger partial charge on any atom is 0.191 e. The van der Waals surface area contributed by atoms with E-state index in [1.54, 1.807) is 41.5 Å². The van der Waals surface area contributed by atoms with Crippen molar-refractivity contribution in [2.45, 2.75) is 19.6 Å². The molecule has 6 nitrogen and oxygen atoms in total. The summed E-state index contributed by atoms with van der Waals surface area (Å²) in [6.07, 6.45) is 4.16. The van der Waals surface area contributed by atoms with E-state index in [4.69, 9.17) is 11.6 Å². The number of aliphatic hydroxyl groups excluding tert-OH is 1. The minimum Gasteiger partial charge on any atom is -0.386 e. The SMILES string of the molecule is CCNC(=NCc1ccc(-n2ccnc2)c(F)c1)NCC(O)c1ccc(Cl)s1.I. The molecule has 1 unspecified atom stereocenters. The van der Waals surface area contributed by atoms with Crippen LogP contribution in [0.1, 0.15) is 23.5 Å². The molecule has 2 aromatic heterocycles. The van der Waals surface area contributed by atoms with Crippen LogP contribution in [0, 0.1) is 5.82 Å². The van der Waals surface area contributed by atoms with Crippen molar-refractivity contribution in [1.82, 2.24) is 20.2 Å². The first-order valence-electron chi connectivity index (χ1n) is 8.79. The molecular formula is C19H22ClFIN5OS. The zero-order chi connectivity index (χ0) is 19.9. The Morgan fingerprint density at radius 1 is 1.34 bits per heavy atom. The zero-order valence-corrected chi connectivity index (χ0v) is 19.6. The molecule has 0 aliphatic carbocycles. The number of hydrogen-bond acceptors (Lipinski definition) is 4. The molecule has 29 heavy (non-hydrogen) atoms. The predicted molar refractivity (Wildman–Crippen MR) is 126 cm³/mol. The number of hydrogen-bond donors (Lipinski definition) is 3. The van der Waals surface area contributed by atoms with E-state index in [1.807, 2.05) is 13.0 Å². The van der Waals surface area contributed by atoms with Crippen LogP contribution < -0.4 is 10.6 Å². The molecule has 3 aromatic rings. The Morgan fingerprint density at radius 3 is 2.79 bits per heavy atom. The van der Waals surface area contributed by atoms with Gasteiger partial charge in [0, 0.05) is 30.4 Å². The maximum absolute atomic E-state index is 14.4. The van der Waals surface area contributed by atoms with Gasteiger partial charge in [-0.15, -0.1) is 35.3 Å². The van der Waals surface area contributed by atoms with Crippen molar-refractivity contribution in [1.29, 1.82) is 0 Å². The highest BCUT2D eigenvalue weighted by molar-refractivity contribution is 14.0. The number of benzene rings is 1. The molecule has 0 radical (unpaired) electrons. The number of thiophene rings is 1. The highest BCUT2D eigenvalue weighted by Gasteiger charge is 2.11. The second kappa shape index (κ2) is 11.5. The first-order chi connectivity index (χ1) is 13.6. The van der Waals surface area contributed by atoms with Crippen molar-refractivity contribution in [3.05, 3.63) is 69.6 Å². The summed E-state index contributed by atoms with van der Waals surface area (Å²) in [4.78, 5) is 9.18. The Labute approximate surface area is 194 Å². The van der Waals surface area contributed by atoms with Crippen molar-refractivity contribution < 1.29 is 9.50 Å². The molecule has 1 aromatic carbocycles. The van der Waals surface area contributed by atoms with E-state index in [9.17, 15) is 9.50 Å². The van der Waals surface area contributed by atoms with Gasteiger partial charge < -0.3 is 20.3 Å². The maximum atomic E-state index is 14.4. The fourth-order valence-electron chi connectivity index (χ4n) is 2.57. The van der Waals surface area contributed by atoms with E-state index >= 15 is 0 Å². The van der Waals surface area contributed by atoms with Crippen LogP contribution in [0.25, 0.3) is 5.69 Å². The molecule has 0 amide bonds. The van der Waals surface area contributed by atoms with Gasteiger partial charge in [0.1, 0.15) is 11.9 Å². The summed E-state index contributed by atoms with van der Waals surface area (Å²) in [5, 5.41) is 16.4. The molecule has 0 bridgehead atoms. The highest BCUT2D eigenvalue weighted by atomic mass is 127. The van der Waals surface area contributed by atoms with Gasteiger partial charge in [0.15, 0.2) is 5.96 Å². The van der Waals surface area contributed by atoms with Crippen LogP contribution in [0.5, 0.6) is 0 Å². The molecule has 3 N–H and O–H groups in total. The van der Waals surface area contributed by atoms with Crippen LogP contribution in [0.15, 0.2) is 54.0 Å². The third kappa shape index (κ3) is 6.66. The molecule has 0 aliphatic rings. The summed E-state index contributed by atoms with van der Waals surface area (Å²) in [5.74, 6) is 0.206. The third-order valence-corrected chi connectivity index (χ3v) is 5.28. The van der Waals surface area contributed by atoms with Crippen molar-refractivity contribution in [2.75, 3.05) is 13.1 Å². The van der Waals surface area contributed by atoms with Crippen molar-refractivity contribution in [3.63, 3.8) is 0 Å². The van der Waals surface area contributed by atoms with Crippen molar-refractivity contribution in [3.8, 4) is 5.69 Å². The highest BCUT2D eigenvalue weighted by Crippen LogP contribution is 2.26. The van der Waals surface area contributed by atoms with Crippen LogP contribution in [-0.2, 0) is 6.54 Å². The number of aromatic nitrogens is 2. The minimum absolute atomic E-state index is 0. The fourth-order valence-corrected chi connectivity index (χ4v) is 3.62. The molecule has 0 aliphatic heterocycles. The molecule has 10 heteroatoms. The van der Waals surface area contributed by atoms with Crippen LogP contribution in [0.3, 0.4) is 0 Å². The number of guanidine groups is 1. The van der Waals surface area contributed by atoms with Crippen molar-refractivity contribution >= 4 is 52.9 Å². The molecule has 1 atom stereocenters. The van der Waals surface area contributed by atoms with Gasteiger partial charge >= 0.3 is 0 Å². The molecule has 0 saturated heterocycles. The molecule has 0 fully saturated rings. The standard InChI is InChI=1S/C19H21ClFN5OS.HI/c1-2-23-19(25-11-16(27)17-5-6-18(20)28-17)24-10-13-3-4-15(14(21)9-13)26-8-7-22-12-26;/h3-9,12,16,27H,2,10-11H2,1H3,(H2,23,24,25);1H. The number of nitrogens with one attached hydrogen (secondary N) is 2. The van der Waals surface area contributed by atoms with E-state index in [0.29, 0.717) is 29.1 Å². The van der Waals surface area contributed by atoms with E-state index in [-0.39, 0.29) is 36.3 Å². The second-order valence-corrected chi connectivity index (χ2v) is 7.74. The van der Waals surface area contributed by atoms with Gasteiger partial charge in [0.05, 0.1) is 22.9 Å². The second-order valence-electron chi connectivity index (χ2n) is 5.99. The van der Waals surface area contributed by atoms with Gasteiger partial charge in [-0.25, -0.2) is 14.4 Å². The lowest BCUT2D eigenvalue weighted by Crippen LogP contribution is -2.39. The lowest BCUT2D eigenvalue weighted by atomic mass is 10.2. The first kappa shape index (κ1) is 23.6. The summed E-state index contributed by atoms with van der Waals surface area (Å²) in [5.41, 5.74) is 1.18. The zero-order valence-electron chi connectivity index (χ0n) is 15.7. The molecular weight excluding hydrogens is 528 g/mol. The number of halogens is 3. The topological polar surface area (TPSA) is 74.5 Å². The molecule has 2 heterocycles. The fraction of sp³-hybridized carbons (Fsp3) is 0.263. The first-order valence-corrected chi connectivity index (χ1v) is 9.98. The normalized spacial score (nSPS) is 12.3. The molecule has 0 saturated carbocycles. The summed E-state index contributed by atoms with van der Waals surface area (Å²) in [7, 11) is 0. The number of aliphatic hydroxyl groups is 1. The van der Waals surface area contributed by atoms with Crippen LogP contribution in [0.4, 0.5) is 4.39 Å². The smallest absolute Gasteiger partial charge is 0.191 e. The quantitative estimate of drug-likeness (QED) is 0.235. The number of rotatable bonds is 7.